The molecule has 5 N–H and O–H groups in total. The lowest BCUT2D eigenvalue weighted by molar-refractivity contribution is -0.351. The van der Waals surface area contributed by atoms with Gasteiger partial charge < -0.3 is 10.5 Å². The Balaban J connectivity index is 1.94. The number of ether oxygens (including phenoxy) is 1. The van der Waals surface area contributed by atoms with Gasteiger partial charge in [0.2, 0.25) is 0 Å². The minimum absolute atomic E-state index is 0.517. The highest BCUT2D eigenvalue weighted by Crippen LogP contribution is 2.27. The van der Waals surface area contributed by atoms with Crippen molar-refractivity contribution in [3.63, 3.8) is 0 Å². The van der Waals surface area contributed by atoms with Crippen LogP contribution in [0.25, 0.3) is 0 Å². The molecule has 1 aliphatic carbocycles. The van der Waals surface area contributed by atoms with Gasteiger partial charge in [0.05, 0.1) is 0 Å². The Morgan fingerprint density at radius 1 is 1.30 bits per heavy atom. The zero-order chi connectivity index (χ0) is 14.2. The second-order valence-corrected chi connectivity index (χ2v) is 6.37. The van der Waals surface area contributed by atoms with Gasteiger partial charge in [-0.05, 0) is 36.7 Å². The van der Waals surface area contributed by atoms with Crippen LogP contribution in [0.3, 0.4) is 0 Å². The number of thioether (sulfide) groups is 1. The molecule has 0 aromatic heterocycles. The molecule has 1 aromatic carbocycles. The molecule has 0 atom stereocenters. The lowest BCUT2D eigenvalue weighted by Gasteiger charge is -2.18. The van der Waals surface area contributed by atoms with Crippen LogP contribution < -0.4 is 21.2 Å². The van der Waals surface area contributed by atoms with Crippen LogP contribution >= 0.6 is 11.8 Å². The molecule has 5 heteroatoms. The average Bonchev–Trinajstić information content (AvgIpc) is 2.46. The van der Waals surface area contributed by atoms with E-state index in [0.29, 0.717) is 18.4 Å². The van der Waals surface area contributed by atoms with E-state index in [1.165, 1.54) is 32.1 Å². The molecule has 1 fully saturated rings. The van der Waals surface area contributed by atoms with E-state index >= 15 is 0 Å². The van der Waals surface area contributed by atoms with Gasteiger partial charge in [-0.1, -0.05) is 25.3 Å². The first-order chi connectivity index (χ1) is 9.78. The molecule has 0 aliphatic heterocycles. The second kappa shape index (κ2) is 8.17. The lowest BCUT2D eigenvalue weighted by atomic mass is 10.0. The van der Waals surface area contributed by atoms with Crippen LogP contribution in [0.2, 0.25) is 0 Å². The van der Waals surface area contributed by atoms with Crippen molar-refractivity contribution in [3.05, 3.63) is 24.3 Å². The van der Waals surface area contributed by atoms with Crippen molar-refractivity contribution in [1.29, 1.82) is 0 Å². The summed E-state index contributed by atoms with van der Waals surface area (Å²) in [6.07, 6.45) is 6.56. The van der Waals surface area contributed by atoms with E-state index in [-0.39, 0.29) is 0 Å². The first kappa shape index (κ1) is 15.2. The van der Waals surface area contributed by atoms with Crippen LogP contribution in [-0.4, -0.2) is 23.6 Å². The minimum atomic E-state index is 0.517. The summed E-state index contributed by atoms with van der Waals surface area (Å²) in [5.41, 5.74) is 12.5. The number of amidine groups is 1. The van der Waals surface area contributed by atoms with Crippen molar-refractivity contribution in [1.82, 2.24) is 0 Å². The first-order valence-corrected chi connectivity index (χ1v) is 8.15. The van der Waals surface area contributed by atoms with Crippen LogP contribution in [0.5, 0.6) is 5.75 Å². The molecule has 110 valence electrons. The van der Waals surface area contributed by atoms with Crippen molar-refractivity contribution >= 4 is 22.6 Å². The summed E-state index contributed by atoms with van der Waals surface area (Å²) < 4.78 is 5.51. The number of benzene rings is 1. The molecular formula is C15H24N3OS+. The van der Waals surface area contributed by atoms with Gasteiger partial charge in [0.15, 0.2) is 0 Å². The molecular weight excluding hydrogens is 270 g/mol. The van der Waals surface area contributed by atoms with E-state index in [1.807, 2.05) is 24.3 Å². The predicted octanol–water partition coefficient (Wildman–Crippen LogP) is 1.12. The maximum atomic E-state index is 6.09. The van der Waals surface area contributed by atoms with Crippen LogP contribution in [0.15, 0.2) is 24.3 Å². The highest BCUT2D eigenvalue weighted by Gasteiger charge is 2.17. The lowest BCUT2D eigenvalue weighted by Crippen LogP contribution is -2.68. The molecule has 0 amide bonds. The summed E-state index contributed by atoms with van der Waals surface area (Å²) in [5, 5.41) is 1.43. The normalized spacial score (nSPS) is 17.1. The minimum Gasteiger partial charge on any atom is -0.492 e. The Kier molecular flexibility index (Phi) is 6.21. The summed E-state index contributed by atoms with van der Waals surface area (Å²) in [6, 6.07) is 7.81. The molecule has 0 saturated heterocycles. The molecule has 0 heterocycles. The molecule has 4 nitrogen and oxygen atoms in total. The molecule has 0 unspecified atom stereocenters. The second-order valence-electron chi connectivity index (χ2n) is 5.03. The van der Waals surface area contributed by atoms with Crippen LogP contribution in [0, 0.1) is 0 Å². The highest BCUT2D eigenvalue weighted by atomic mass is 32.2. The van der Waals surface area contributed by atoms with E-state index in [2.05, 4.69) is 4.99 Å². The third-order valence-electron chi connectivity index (χ3n) is 3.33. The third kappa shape index (κ3) is 5.06. The van der Waals surface area contributed by atoms with E-state index in [1.54, 1.807) is 11.8 Å². The summed E-state index contributed by atoms with van der Waals surface area (Å²) in [5.74, 6) is 0.816. The van der Waals surface area contributed by atoms with Gasteiger partial charge in [0, 0.05) is 17.9 Å². The molecule has 2 rings (SSSR count). The summed E-state index contributed by atoms with van der Waals surface area (Å²) in [4.78, 5) is 3.25. The molecule has 1 aliphatic rings. The van der Waals surface area contributed by atoms with Crippen molar-refractivity contribution in [2.24, 2.45) is 11.5 Å². The van der Waals surface area contributed by atoms with Crippen molar-refractivity contribution in [3.8, 4) is 5.75 Å². The van der Waals surface area contributed by atoms with Crippen LogP contribution in [-0.2, 0) is 0 Å². The maximum Gasteiger partial charge on any atom is 0.307 e. The Morgan fingerprint density at radius 2 is 2.10 bits per heavy atom. The van der Waals surface area contributed by atoms with Crippen molar-refractivity contribution in [2.75, 3.05) is 13.2 Å². The third-order valence-corrected chi connectivity index (χ3v) is 4.49. The Labute approximate surface area is 125 Å². The highest BCUT2D eigenvalue weighted by molar-refractivity contribution is 8.14. The zero-order valence-corrected chi connectivity index (χ0v) is 12.6. The zero-order valence-electron chi connectivity index (χ0n) is 11.8. The van der Waals surface area contributed by atoms with Gasteiger partial charge >= 0.3 is 5.17 Å². The van der Waals surface area contributed by atoms with Crippen molar-refractivity contribution in [2.45, 2.75) is 37.4 Å². The first-order valence-electron chi connectivity index (χ1n) is 7.27. The van der Waals surface area contributed by atoms with Crippen LogP contribution in [0.1, 0.15) is 32.1 Å². The number of rotatable bonds is 5. The summed E-state index contributed by atoms with van der Waals surface area (Å²) in [6.45, 7) is 1.04. The topological polar surface area (TPSA) is 75.2 Å². The van der Waals surface area contributed by atoms with Gasteiger partial charge in [0.1, 0.15) is 18.0 Å². The number of nitrogens with two attached hydrogens (primary N) is 2. The fourth-order valence-electron chi connectivity index (χ4n) is 2.37. The van der Waals surface area contributed by atoms with Gasteiger partial charge in [-0.15, -0.1) is 0 Å². The van der Waals surface area contributed by atoms with E-state index in [0.717, 1.165) is 16.6 Å². The number of hydrogen-bond donors (Lipinski definition) is 3. The molecule has 0 bridgehead atoms. The number of nitrogens with one attached hydrogen (secondary N) is 1. The van der Waals surface area contributed by atoms with Gasteiger partial charge in [-0.3, -0.25) is 5.73 Å². The standard InChI is InChI=1S/C15H23N3OS/c16-9-10-19-13-6-4-5-12(11-13)18-15(17)20-14-7-2-1-3-8-14/h4-6,11,14H,1-3,7-10,16H2,(H2,17,18)/p+1. The Hall–Kier alpha value is -1.20. The molecule has 0 spiro atoms. The molecule has 20 heavy (non-hydrogen) atoms. The van der Waals surface area contributed by atoms with Crippen LogP contribution in [0.4, 0.5) is 5.69 Å². The molecule has 0 radical (unpaired) electrons. The monoisotopic (exact) mass is 294 g/mol. The molecule has 1 saturated carbocycles. The quantitative estimate of drug-likeness (QED) is 0.562. The smallest absolute Gasteiger partial charge is 0.307 e. The average molecular weight is 294 g/mol. The fourth-order valence-corrected chi connectivity index (χ4v) is 3.48. The predicted molar refractivity (Wildman–Crippen MR) is 85.3 cm³/mol. The van der Waals surface area contributed by atoms with E-state index in [9.17, 15) is 0 Å². The summed E-state index contributed by atoms with van der Waals surface area (Å²) in [7, 11) is 0. The number of hydrogen-bond acceptors (Lipinski definition) is 3. The fraction of sp³-hybridized carbons (Fsp3) is 0.533. The SMILES string of the molecule is NCCOc1cccc([NH+]=C(N)SC2CCCCC2)c1. The van der Waals surface area contributed by atoms with Gasteiger partial charge in [-0.2, -0.15) is 0 Å². The maximum absolute atomic E-state index is 6.09. The van der Waals surface area contributed by atoms with E-state index in [4.69, 9.17) is 16.2 Å². The van der Waals surface area contributed by atoms with E-state index < -0.39 is 0 Å². The molecule has 1 aromatic rings. The van der Waals surface area contributed by atoms with Gasteiger partial charge in [-0.25, -0.2) is 4.99 Å². The Morgan fingerprint density at radius 3 is 2.85 bits per heavy atom. The summed E-state index contributed by atoms with van der Waals surface area (Å²) >= 11 is 1.76. The van der Waals surface area contributed by atoms with Gasteiger partial charge in [0.25, 0.3) is 0 Å². The largest absolute Gasteiger partial charge is 0.492 e. The van der Waals surface area contributed by atoms with Crippen molar-refractivity contribution < 1.29 is 9.73 Å². The Bertz CT molecular complexity index is 444.